The van der Waals surface area contributed by atoms with Crippen molar-refractivity contribution in [2.24, 2.45) is 5.73 Å². The predicted octanol–water partition coefficient (Wildman–Crippen LogP) is 4.37. The fraction of sp³-hybridized carbons (Fsp3) is 0.154. The van der Waals surface area contributed by atoms with E-state index < -0.39 is 12.1 Å². The molecule has 2 aliphatic heterocycles. The number of para-hydroxylation sites is 2. The number of rotatable bonds is 4. The van der Waals surface area contributed by atoms with Crippen LogP contribution in [0.25, 0.3) is 0 Å². The molecule has 2 N–H and O–H groups in total. The lowest BCUT2D eigenvalue weighted by Gasteiger charge is -2.27. The van der Waals surface area contributed by atoms with Crippen LogP contribution in [0.4, 0.5) is 0 Å². The van der Waals surface area contributed by atoms with Gasteiger partial charge < -0.3 is 24.7 Å². The van der Waals surface area contributed by atoms with E-state index in [9.17, 15) is 10.1 Å². The van der Waals surface area contributed by atoms with Crippen molar-refractivity contribution in [3.8, 4) is 29.1 Å². The second-order valence-corrected chi connectivity index (χ2v) is 8.56. The number of hydrogen-bond donors (Lipinski definition) is 1. The van der Waals surface area contributed by atoms with Gasteiger partial charge >= 0.3 is 5.97 Å². The normalized spacial score (nSPS) is 18.4. The summed E-state index contributed by atoms with van der Waals surface area (Å²) >= 11 is 1.64. The molecule has 170 valence electrons. The van der Waals surface area contributed by atoms with Crippen LogP contribution in [-0.2, 0) is 4.79 Å². The third-order valence-electron chi connectivity index (χ3n) is 5.63. The Labute approximate surface area is 200 Å². The number of ether oxygens (including phenoxy) is 4. The van der Waals surface area contributed by atoms with E-state index in [4.69, 9.17) is 24.7 Å². The summed E-state index contributed by atoms with van der Waals surface area (Å²) in [5.74, 6) is 0.820. The average Bonchev–Trinajstić information content (AvgIpc) is 2.87. The Hall–Kier alpha value is -4.09. The first-order chi connectivity index (χ1) is 16.6. The molecule has 3 aromatic carbocycles. The highest BCUT2D eigenvalue weighted by molar-refractivity contribution is 7.98. The van der Waals surface area contributed by atoms with E-state index in [1.54, 1.807) is 48.2 Å². The van der Waals surface area contributed by atoms with Gasteiger partial charge in [0.25, 0.3) is 0 Å². The summed E-state index contributed by atoms with van der Waals surface area (Å²) in [7, 11) is 0. The minimum Gasteiger partial charge on any atom is -0.485 e. The van der Waals surface area contributed by atoms with Crippen LogP contribution < -0.4 is 24.7 Å². The van der Waals surface area contributed by atoms with E-state index in [1.807, 2.05) is 36.6 Å². The Bertz CT molecular complexity index is 1330. The maximum Gasteiger partial charge on any atom is 0.356 e. The SMILES string of the molecule is CSc1ccc(C2C(C#N)=C(N)Oc3cc(OC(=O)C4COc5ccccc5O4)ccc32)cc1. The second kappa shape index (κ2) is 9.04. The van der Waals surface area contributed by atoms with Gasteiger partial charge in [-0.05, 0) is 42.2 Å². The third kappa shape index (κ3) is 4.02. The molecule has 0 aliphatic carbocycles. The quantitative estimate of drug-likeness (QED) is 0.339. The van der Waals surface area contributed by atoms with Gasteiger partial charge in [0, 0.05) is 16.5 Å². The number of fused-ring (bicyclic) bond motifs is 2. The lowest BCUT2D eigenvalue weighted by molar-refractivity contribution is -0.144. The van der Waals surface area contributed by atoms with Crippen LogP contribution in [-0.4, -0.2) is 24.9 Å². The average molecular weight is 473 g/mol. The number of nitriles is 1. The Morgan fingerprint density at radius 2 is 1.85 bits per heavy atom. The van der Waals surface area contributed by atoms with Gasteiger partial charge in [0.1, 0.15) is 29.7 Å². The van der Waals surface area contributed by atoms with E-state index in [0.717, 1.165) is 16.0 Å². The largest absolute Gasteiger partial charge is 0.485 e. The molecular weight excluding hydrogens is 452 g/mol. The molecule has 0 radical (unpaired) electrons. The van der Waals surface area contributed by atoms with Crippen LogP contribution in [0.2, 0.25) is 0 Å². The Balaban J connectivity index is 1.40. The van der Waals surface area contributed by atoms with Crippen molar-refractivity contribution in [1.82, 2.24) is 0 Å². The summed E-state index contributed by atoms with van der Waals surface area (Å²) in [5.41, 5.74) is 8.09. The van der Waals surface area contributed by atoms with Crippen LogP contribution in [0.5, 0.6) is 23.0 Å². The first-order valence-corrected chi connectivity index (χ1v) is 11.8. The topological polar surface area (TPSA) is 104 Å². The molecule has 0 saturated heterocycles. The number of nitrogens with zero attached hydrogens (tertiary/aromatic N) is 1. The van der Waals surface area contributed by atoms with Crippen molar-refractivity contribution in [2.45, 2.75) is 16.9 Å². The highest BCUT2D eigenvalue weighted by Gasteiger charge is 2.32. The molecule has 2 atom stereocenters. The lowest BCUT2D eigenvalue weighted by Crippen LogP contribution is -2.39. The molecule has 0 amide bonds. The smallest absolute Gasteiger partial charge is 0.356 e. The number of nitrogens with two attached hydrogens (primary N) is 1. The van der Waals surface area contributed by atoms with Gasteiger partial charge in [-0.1, -0.05) is 30.3 Å². The van der Waals surface area contributed by atoms with E-state index >= 15 is 0 Å². The lowest BCUT2D eigenvalue weighted by atomic mass is 9.83. The summed E-state index contributed by atoms with van der Waals surface area (Å²) in [5, 5.41) is 9.74. The van der Waals surface area contributed by atoms with E-state index in [-0.39, 0.29) is 24.2 Å². The maximum absolute atomic E-state index is 12.7. The minimum absolute atomic E-state index is 0.0260. The number of allylic oxidation sites excluding steroid dienone is 1. The van der Waals surface area contributed by atoms with Crippen LogP contribution in [0.15, 0.2) is 83.1 Å². The molecule has 0 fully saturated rings. The molecule has 0 aromatic heterocycles. The Morgan fingerprint density at radius 1 is 1.09 bits per heavy atom. The number of esters is 1. The van der Waals surface area contributed by atoms with Crippen molar-refractivity contribution in [1.29, 1.82) is 5.26 Å². The van der Waals surface area contributed by atoms with Crippen LogP contribution in [0.1, 0.15) is 17.0 Å². The van der Waals surface area contributed by atoms with Crippen LogP contribution >= 0.6 is 11.8 Å². The molecule has 7 nitrogen and oxygen atoms in total. The second-order valence-electron chi connectivity index (χ2n) is 7.68. The highest BCUT2D eigenvalue weighted by atomic mass is 32.2. The molecule has 5 rings (SSSR count). The van der Waals surface area contributed by atoms with Gasteiger partial charge in [0.05, 0.1) is 5.92 Å². The van der Waals surface area contributed by atoms with E-state index in [0.29, 0.717) is 22.8 Å². The first kappa shape index (κ1) is 21.7. The minimum atomic E-state index is -0.898. The molecule has 2 unspecified atom stereocenters. The highest BCUT2D eigenvalue weighted by Crippen LogP contribution is 2.43. The van der Waals surface area contributed by atoms with Crippen molar-refractivity contribution in [2.75, 3.05) is 12.9 Å². The zero-order valence-corrected chi connectivity index (χ0v) is 19.0. The molecule has 2 heterocycles. The number of hydrogen-bond acceptors (Lipinski definition) is 8. The molecule has 0 spiro atoms. The molecule has 8 heteroatoms. The molecule has 0 bridgehead atoms. The van der Waals surface area contributed by atoms with Crippen LogP contribution in [0.3, 0.4) is 0 Å². The zero-order chi connectivity index (χ0) is 23.7. The van der Waals surface area contributed by atoms with Crippen molar-refractivity contribution in [3.05, 3.63) is 89.3 Å². The molecule has 34 heavy (non-hydrogen) atoms. The zero-order valence-electron chi connectivity index (χ0n) is 18.2. The van der Waals surface area contributed by atoms with E-state index in [2.05, 4.69) is 6.07 Å². The number of carbonyl (C=O) groups is 1. The number of carbonyl (C=O) groups excluding carboxylic acids is 1. The number of thioether (sulfide) groups is 1. The summed E-state index contributed by atoms with van der Waals surface area (Å²) < 4.78 is 22.6. The summed E-state index contributed by atoms with van der Waals surface area (Å²) in [6.07, 6.45) is 1.10. The summed E-state index contributed by atoms with van der Waals surface area (Å²) in [4.78, 5) is 13.8. The fourth-order valence-corrected chi connectivity index (χ4v) is 4.36. The molecule has 2 aliphatic rings. The van der Waals surface area contributed by atoms with Crippen molar-refractivity contribution >= 4 is 17.7 Å². The van der Waals surface area contributed by atoms with Gasteiger partial charge in [-0.25, -0.2) is 4.79 Å². The van der Waals surface area contributed by atoms with Gasteiger partial charge in [-0.15, -0.1) is 11.8 Å². The standard InChI is InChI=1S/C26H20N2O5S/c1-34-17-9-6-15(7-10-17)24-18-11-8-16(12-22(18)33-25(28)19(24)13-27)31-26(29)23-14-30-20-4-2-3-5-21(20)32-23/h2-12,23-24H,14,28H2,1H3. The van der Waals surface area contributed by atoms with Gasteiger partial charge in [-0.2, -0.15) is 5.26 Å². The summed E-state index contributed by atoms with van der Waals surface area (Å²) in [6, 6.07) is 22.3. The molecule has 0 saturated carbocycles. The Kier molecular flexibility index (Phi) is 5.78. The number of benzene rings is 3. The fourth-order valence-electron chi connectivity index (χ4n) is 3.96. The Morgan fingerprint density at radius 3 is 2.59 bits per heavy atom. The van der Waals surface area contributed by atoms with Crippen LogP contribution in [0, 0.1) is 11.3 Å². The summed E-state index contributed by atoms with van der Waals surface area (Å²) in [6.45, 7) is 0.0482. The maximum atomic E-state index is 12.7. The van der Waals surface area contributed by atoms with Gasteiger partial charge in [-0.3, -0.25) is 0 Å². The molecular formula is C26H20N2O5S. The molecule has 3 aromatic rings. The van der Waals surface area contributed by atoms with Gasteiger partial charge in [0.2, 0.25) is 12.0 Å². The van der Waals surface area contributed by atoms with E-state index in [1.165, 1.54) is 0 Å². The first-order valence-electron chi connectivity index (χ1n) is 10.5. The predicted molar refractivity (Wildman–Crippen MR) is 126 cm³/mol. The monoisotopic (exact) mass is 472 g/mol. The van der Waals surface area contributed by atoms with Crippen molar-refractivity contribution in [3.63, 3.8) is 0 Å². The third-order valence-corrected chi connectivity index (χ3v) is 6.37. The van der Waals surface area contributed by atoms with Gasteiger partial charge in [0.15, 0.2) is 11.5 Å². The van der Waals surface area contributed by atoms with Crippen molar-refractivity contribution < 1.29 is 23.7 Å².